The van der Waals surface area contributed by atoms with Crippen LogP contribution in [0.15, 0.2) is 42.7 Å². The van der Waals surface area contributed by atoms with Gasteiger partial charge in [-0.1, -0.05) is 13.3 Å². The van der Waals surface area contributed by atoms with E-state index in [-0.39, 0.29) is 5.69 Å². The third-order valence-corrected chi connectivity index (χ3v) is 4.32. The summed E-state index contributed by atoms with van der Waals surface area (Å²) in [6.07, 6.45) is 5.37. The predicted octanol–water partition coefficient (Wildman–Crippen LogP) is 2.91. The maximum Gasteiger partial charge on any atom is 0.289 e. The summed E-state index contributed by atoms with van der Waals surface area (Å²) in [5, 5.41) is 0. The second-order valence-electron chi connectivity index (χ2n) is 6.57. The Morgan fingerprint density at radius 1 is 1.10 bits per heavy atom. The molecule has 0 aliphatic carbocycles. The number of carbonyl (C=O) groups is 2. The molecule has 1 aromatic carbocycles. The normalized spacial score (nSPS) is 10.6. The number of aryl methyl sites for hydroxylation is 1. The van der Waals surface area contributed by atoms with E-state index < -0.39 is 11.8 Å². The summed E-state index contributed by atoms with van der Waals surface area (Å²) >= 11 is 0. The van der Waals surface area contributed by atoms with Crippen LogP contribution >= 0.6 is 0 Å². The Kier molecular flexibility index (Phi) is 6.33. The number of fused-ring (bicyclic) bond motifs is 1. The van der Waals surface area contributed by atoms with Crippen molar-refractivity contribution in [2.75, 3.05) is 13.7 Å². The molecule has 0 aliphatic heterocycles. The van der Waals surface area contributed by atoms with E-state index in [4.69, 9.17) is 9.47 Å². The SMILES string of the molecule is CCCCOc1ccc(C(=O)NNC(=O)c2cn3ccc(C)cc3n2)cc1OC. The minimum absolute atomic E-state index is 0.202. The molecule has 0 bridgehead atoms. The number of rotatable bonds is 7. The minimum atomic E-state index is -0.508. The number of nitrogens with zero attached hydrogens (tertiary/aromatic N) is 2. The van der Waals surface area contributed by atoms with E-state index in [2.05, 4.69) is 22.8 Å². The molecule has 8 nitrogen and oxygen atoms in total. The molecule has 2 heterocycles. The molecule has 29 heavy (non-hydrogen) atoms. The van der Waals surface area contributed by atoms with Crippen molar-refractivity contribution in [1.29, 1.82) is 0 Å². The third kappa shape index (κ3) is 4.84. The Bertz CT molecular complexity index is 1030. The molecular formula is C21H24N4O4. The second-order valence-corrected chi connectivity index (χ2v) is 6.57. The third-order valence-electron chi connectivity index (χ3n) is 4.32. The first-order valence-electron chi connectivity index (χ1n) is 9.38. The van der Waals surface area contributed by atoms with Crippen molar-refractivity contribution in [2.45, 2.75) is 26.7 Å². The molecule has 0 atom stereocenters. The number of imidazole rings is 1. The summed E-state index contributed by atoms with van der Waals surface area (Å²) in [4.78, 5) is 29.0. The van der Waals surface area contributed by atoms with Crippen molar-refractivity contribution in [3.8, 4) is 11.5 Å². The molecule has 0 unspecified atom stereocenters. The fourth-order valence-corrected chi connectivity index (χ4v) is 2.70. The Morgan fingerprint density at radius 2 is 1.90 bits per heavy atom. The topological polar surface area (TPSA) is 94.0 Å². The molecule has 8 heteroatoms. The van der Waals surface area contributed by atoms with E-state index in [0.29, 0.717) is 29.3 Å². The fraction of sp³-hybridized carbons (Fsp3) is 0.286. The Balaban J connectivity index is 1.63. The van der Waals surface area contributed by atoms with Crippen molar-refractivity contribution < 1.29 is 19.1 Å². The number of aromatic nitrogens is 2. The van der Waals surface area contributed by atoms with Crippen LogP contribution in [0.5, 0.6) is 11.5 Å². The summed E-state index contributed by atoms with van der Waals surface area (Å²) in [7, 11) is 1.51. The average molecular weight is 396 g/mol. The van der Waals surface area contributed by atoms with Crippen molar-refractivity contribution in [3.63, 3.8) is 0 Å². The Labute approximate surface area is 168 Å². The van der Waals surface area contributed by atoms with Crippen LogP contribution in [-0.2, 0) is 0 Å². The lowest BCUT2D eigenvalue weighted by molar-refractivity contribution is 0.0844. The number of amides is 2. The number of hydrogen-bond donors (Lipinski definition) is 2. The molecule has 3 rings (SSSR count). The van der Waals surface area contributed by atoms with Crippen LogP contribution in [-0.4, -0.2) is 34.9 Å². The maximum absolute atomic E-state index is 12.4. The summed E-state index contributed by atoms with van der Waals surface area (Å²) in [5.74, 6) is 0.0416. The van der Waals surface area contributed by atoms with E-state index in [1.807, 2.05) is 25.3 Å². The fourth-order valence-electron chi connectivity index (χ4n) is 2.70. The Morgan fingerprint density at radius 3 is 2.66 bits per heavy atom. The molecule has 0 fully saturated rings. The van der Waals surface area contributed by atoms with Crippen LogP contribution in [0.3, 0.4) is 0 Å². The van der Waals surface area contributed by atoms with Crippen molar-refractivity contribution in [2.24, 2.45) is 0 Å². The molecule has 0 saturated heterocycles. The molecule has 0 saturated carbocycles. The summed E-state index contributed by atoms with van der Waals surface area (Å²) in [6.45, 7) is 4.60. The molecule has 2 amide bonds. The zero-order valence-electron chi connectivity index (χ0n) is 16.7. The lowest BCUT2D eigenvalue weighted by Gasteiger charge is -2.12. The smallest absolute Gasteiger partial charge is 0.289 e. The van der Waals surface area contributed by atoms with Crippen molar-refractivity contribution in [1.82, 2.24) is 20.2 Å². The largest absolute Gasteiger partial charge is 0.493 e. The van der Waals surface area contributed by atoms with Gasteiger partial charge in [0.2, 0.25) is 0 Å². The zero-order valence-corrected chi connectivity index (χ0v) is 16.7. The quantitative estimate of drug-likeness (QED) is 0.473. The van der Waals surface area contributed by atoms with Crippen LogP contribution in [0.25, 0.3) is 5.65 Å². The number of methoxy groups -OCH3 is 1. The van der Waals surface area contributed by atoms with Crippen LogP contribution in [0.4, 0.5) is 0 Å². The molecule has 152 valence electrons. The van der Waals surface area contributed by atoms with Crippen molar-refractivity contribution >= 4 is 17.5 Å². The average Bonchev–Trinajstić information content (AvgIpc) is 3.15. The van der Waals surface area contributed by atoms with Gasteiger partial charge in [-0.25, -0.2) is 4.98 Å². The lowest BCUT2D eigenvalue weighted by atomic mass is 10.2. The Hall–Kier alpha value is -3.55. The van der Waals surface area contributed by atoms with E-state index in [0.717, 1.165) is 18.4 Å². The van der Waals surface area contributed by atoms with Gasteiger partial charge in [0.1, 0.15) is 11.3 Å². The number of benzene rings is 1. The summed E-state index contributed by atoms with van der Waals surface area (Å²) in [5.41, 5.74) is 7.00. The van der Waals surface area contributed by atoms with E-state index in [9.17, 15) is 9.59 Å². The zero-order chi connectivity index (χ0) is 20.8. The summed E-state index contributed by atoms with van der Waals surface area (Å²) in [6, 6.07) is 8.64. The highest BCUT2D eigenvalue weighted by Crippen LogP contribution is 2.28. The minimum Gasteiger partial charge on any atom is -0.493 e. The molecular weight excluding hydrogens is 372 g/mol. The van der Waals surface area contributed by atoms with Gasteiger partial charge in [0.05, 0.1) is 13.7 Å². The van der Waals surface area contributed by atoms with Gasteiger partial charge in [-0.2, -0.15) is 0 Å². The van der Waals surface area contributed by atoms with Gasteiger partial charge in [0.15, 0.2) is 11.5 Å². The molecule has 0 spiro atoms. The second kappa shape index (κ2) is 9.09. The van der Waals surface area contributed by atoms with Gasteiger partial charge in [-0.3, -0.25) is 20.4 Å². The number of ether oxygens (including phenoxy) is 2. The van der Waals surface area contributed by atoms with Crippen LogP contribution in [0.1, 0.15) is 46.2 Å². The summed E-state index contributed by atoms with van der Waals surface area (Å²) < 4.78 is 12.7. The molecule has 2 N–H and O–H groups in total. The van der Waals surface area contributed by atoms with Gasteiger partial charge in [0.25, 0.3) is 11.8 Å². The predicted molar refractivity (Wildman–Crippen MR) is 108 cm³/mol. The molecule has 0 radical (unpaired) electrons. The number of nitrogens with one attached hydrogen (secondary N) is 2. The number of unbranched alkanes of at least 4 members (excludes halogenated alkanes) is 1. The van der Waals surface area contributed by atoms with Gasteiger partial charge < -0.3 is 13.9 Å². The highest BCUT2D eigenvalue weighted by atomic mass is 16.5. The standard InChI is InChI=1S/C21H24N4O4/c1-4-5-10-29-17-7-6-15(12-18(17)28-3)20(26)23-24-21(27)16-13-25-9-8-14(2)11-19(25)22-16/h6-9,11-13H,4-5,10H2,1-3H3,(H,23,26)(H,24,27). The molecule has 2 aromatic heterocycles. The van der Waals surface area contributed by atoms with Crippen molar-refractivity contribution in [3.05, 3.63) is 59.5 Å². The first kappa shape index (κ1) is 20.2. The van der Waals surface area contributed by atoms with E-state index >= 15 is 0 Å². The first-order chi connectivity index (χ1) is 14.0. The van der Waals surface area contributed by atoms with Crippen LogP contribution in [0.2, 0.25) is 0 Å². The van der Waals surface area contributed by atoms with Gasteiger partial charge in [0, 0.05) is 18.0 Å². The number of pyridine rings is 1. The number of hydrogen-bond acceptors (Lipinski definition) is 5. The van der Waals surface area contributed by atoms with Crippen LogP contribution < -0.4 is 20.3 Å². The van der Waals surface area contributed by atoms with Gasteiger partial charge in [-0.15, -0.1) is 0 Å². The van der Waals surface area contributed by atoms with Gasteiger partial charge in [-0.05, 0) is 49.2 Å². The van der Waals surface area contributed by atoms with E-state index in [1.165, 1.54) is 7.11 Å². The monoisotopic (exact) mass is 396 g/mol. The number of carbonyl (C=O) groups excluding carboxylic acids is 2. The maximum atomic E-state index is 12.4. The highest BCUT2D eigenvalue weighted by molar-refractivity contribution is 5.98. The number of hydrazine groups is 1. The highest BCUT2D eigenvalue weighted by Gasteiger charge is 2.14. The lowest BCUT2D eigenvalue weighted by Crippen LogP contribution is -2.41. The first-order valence-corrected chi connectivity index (χ1v) is 9.38. The van der Waals surface area contributed by atoms with E-state index in [1.54, 1.807) is 28.8 Å². The molecule has 0 aliphatic rings. The van der Waals surface area contributed by atoms with Crippen LogP contribution in [0, 0.1) is 6.92 Å². The van der Waals surface area contributed by atoms with Gasteiger partial charge >= 0.3 is 0 Å². The molecule has 3 aromatic rings.